The summed E-state index contributed by atoms with van der Waals surface area (Å²) in [5, 5.41) is 1.18. The van der Waals surface area contributed by atoms with Gasteiger partial charge in [-0.25, -0.2) is 0 Å². The molecule has 0 bridgehead atoms. The van der Waals surface area contributed by atoms with Gasteiger partial charge in [-0.15, -0.1) is 0 Å². The normalized spacial score (nSPS) is 15.6. The lowest BCUT2D eigenvalue weighted by molar-refractivity contribution is 1.55. The van der Waals surface area contributed by atoms with Crippen molar-refractivity contribution in [3.05, 3.63) is 46.0 Å². The molecule has 0 heterocycles. The molecule has 0 fully saturated rings. The lowest BCUT2D eigenvalue weighted by Gasteiger charge is -1.92. The smallest absolute Gasteiger partial charge is 0.0548 e. The summed E-state index contributed by atoms with van der Waals surface area (Å²) in [5.74, 6) is 0. The first kappa shape index (κ1) is 12.5. The van der Waals surface area contributed by atoms with Gasteiger partial charge in [-0.05, 0) is 32.4 Å². The Hall–Kier alpha value is -0.460. The molecule has 0 saturated carbocycles. The van der Waals surface area contributed by atoms with Crippen molar-refractivity contribution in [3.63, 3.8) is 0 Å². The van der Waals surface area contributed by atoms with Crippen LogP contribution < -0.4 is 0 Å². The molecule has 0 aromatic rings. The zero-order valence-electron chi connectivity index (χ0n) is 8.14. The van der Waals surface area contributed by atoms with E-state index in [0.717, 1.165) is 5.57 Å². The van der Waals surface area contributed by atoms with E-state index in [1.54, 1.807) is 13.0 Å². The average Bonchev–Trinajstić information content (AvgIpc) is 2.11. The fourth-order valence-electron chi connectivity index (χ4n) is 0.725. The fourth-order valence-corrected chi connectivity index (χ4v) is 0.851. The quantitative estimate of drug-likeness (QED) is 0.597. The lowest BCUT2D eigenvalue weighted by Crippen LogP contribution is -1.71. The standard InChI is InChI=1S/C11H14Cl2/c1-4-6-10(5-2)7-8-11(13)9(3)12/h4-8H,1-3H3/b6-4+,8-7-,10-5-,11-9-. The van der Waals surface area contributed by atoms with Gasteiger partial charge in [-0.2, -0.15) is 0 Å². The Morgan fingerprint density at radius 1 is 1.00 bits per heavy atom. The van der Waals surface area contributed by atoms with Crippen molar-refractivity contribution in [2.75, 3.05) is 0 Å². The van der Waals surface area contributed by atoms with Crippen LogP contribution in [0.3, 0.4) is 0 Å². The topological polar surface area (TPSA) is 0 Å². The van der Waals surface area contributed by atoms with E-state index < -0.39 is 0 Å². The zero-order valence-corrected chi connectivity index (χ0v) is 9.65. The molecule has 13 heavy (non-hydrogen) atoms. The highest BCUT2D eigenvalue weighted by atomic mass is 35.5. The van der Waals surface area contributed by atoms with E-state index in [-0.39, 0.29) is 0 Å². The van der Waals surface area contributed by atoms with Gasteiger partial charge in [0.1, 0.15) is 0 Å². The van der Waals surface area contributed by atoms with Crippen LogP contribution in [0.5, 0.6) is 0 Å². The van der Waals surface area contributed by atoms with E-state index in [4.69, 9.17) is 23.2 Å². The van der Waals surface area contributed by atoms with Gasteiger partial charge in [-0.1, -0.05) is 47.5 Å². The highest BCUT2D eigenvalue weighted by molar-refractivity contribution is 6.39. The molecular weight excluding hydrogens is 203 g/mol. The molecular formula is C11H14Cl2. The maximum absolute atomic E-state index is 5.83. The predicted octanol–water partition coefficient (Wildman–Crippen LogP) is 4.77. The molecule has 0 radical (unpaired) electrons. The van der Waals surface area contributed by atoms with Crippen molar-refractivity contribution >= 4 is 23.2 Å². The number of hydrogen-bond donors (Lipinski definition) is 0. The summed E-state index contributed by atoms with van der Waals surface area (Å²) in [6.45, 7) is 5.71. The van der Waals surface area contributed by atoms with E-state index in [9.17, 15) is 0 Å². The van der Waals surface area contributed by atoms with E-state index in [1.807, 2.05) is 38.2 Å². The summed E-state index contributed by atoms with van der Waals surface area (Å²) in [4.78, 5) is 0. The molecule has 72 valence electrons. The molecule has 0 unspecified atom stereocenters. The third kappa shape index (κ3) is 5.73. The average molecular weight is 217 g/mol. The minimum Gasteiger partial charge on any atom is -0.0878 e. The first-order chi connectivity index (χ1) is 6.11. The van der Waals surface area contributed by atoms with Crippen LogP contribution >= 0.6 is 23.2 Å². The van der Waals surface area contributed by atoms with Crippen LogP contribution in [0, 0.1) is 0 Å². The molecule has 2 heteroatoms. The van der Waals surface area contributed by atoms with Crippen molar-refractivity contribution in [3.8, 4) is 0 Å². The van der Waals surface area contributed by atoms with Crippen LogP contribution in [0.4, 0.5) is 0 Å². The maximum Gasteiger partial charge on any atom is 0.0548 e. The number of hydrogen-bond acceptors (Lipinski definition) is 0. The van der Waals surface area contributed by atoms with Gasteiger partial charge < -0.3 is 0 Å². The molecule has 0 aromatic carbocycles. The minimum absolute atomic E-state index is 0.575. The van der Waals surface area contributed by atoms with Gasteiger partial charge in [0.25, 0.3) is 0 Å². The molecule has 0 nitrogen and oxygen atoms in total. The van der Waals surface area contributed by atoms with E-state index >= 15 is 0 Å². The van der Waals surface area contributed by atoms with Gasteiger partial charge in [0.05, 0.1) is 5.03 Å². The highest BCUT2D eigenvalue weighted by Crippen LogP contribution is 2.15. The van der Waals surface area contributed by atoms with Crippen molar-refractivity contribution in [2.24, 2.45) is 0 Å². The Balaban J connectivity index is 4.51. The lowest BCUT2D eigenvalue weighted by atomic mass is 10.2. The molecule has 0 aliphatic carbocycles. The second kappa shape index (κ2) is 6.99. The minimum atomic E-state index is 0.575. The first-order valence-corrected chi connectivity index (χ1v) is 4.86. The monoisotopic (exact) mass is 216 g/mol. The third-order valence-corrected chi connectivity index (χ3v) is 2.15. The molecule has 0 aromatic heterocycles. The van der Waals surface area contributed by atoms with Crippen LogP contribution in [0.2, 0.25) is 0 Å². The second-order valence-corrected chi connectivity index (χ2v) is 3.48. The van der Waals surface area contributed by atoms with Crippen LogP contribution in [0.1, 0.15) is 20.8 Å². The summed E-state index contributed by atoms with van der Waals surface area (Å²) in [7, 11) is 0. The SMILES string of the molecule is C/C=C(\C=C/C(Cl)=C(\C)Cl)/C=C/C. The van der Waals surface area contributed by atoms with E-state index in [1.165, 1.54) is 0 Å². The molecule has 0 rings (SSSR count). The number of halogens is 2. The summed E-state index contributed by atoms with van der Waals surface area (Å²) < 4.78 is 0. The van der Waals surface area contributed by atoms with Crippen molar-refractivity contribution in [2.45, 2.75) is 20.8 Å². The first-order valence-electron chi connectivity index (χ1n) is 4.10. The zero-order chi connectivity index (χ0) is 10.3. The van der Waals surface area contributed by atoms with Gasteiger partial charge in [0.15, 0.2) is 0 Å². The van der Waals surface area contributed by atoms with Gasteiger partial charge >= 0.3 is 0 Å². The molecule has 0 aliphatic heterocycles. The van der Waals surface area contributed by atoms with Crippen LogP contribution in [-0.4, -0.2) is 0 Å². The Morgan fingerprint density at radius 3 is 2.00 bits per heavy atom. The second-order valence-electron chi connectivity index (χ2n) is 2.50. The fraction of sp³-hybridized carbons (Fsp3) is 0.273. The summed E-state index contributed by atoms with van der Waals surface area (Å²) >= 11 is 11.5. The summed E-state index contributed by atoms with van der Waals surface area (Å²) in [5.41, 5.74) is 1.11. The van der Waals surface area contributed by atoms with Gasteiger partial charge in [0, 0.05) is 5.03 Å². The van der Waals surface area contributed by atoms with Crippen molar-refractivity contribution in [1.29, 1.82) is 0 Å². The largest absolute Gasteiger partial charge is 0.0878 e. The Labute approximate surface area is 90.2 Å². The Kier molecular flexibility index (Phi) is 6.75. The Bertz CT molecular complexity index is 264. The summed E-state index contributed by atoms with van der Waals surface area (Å²) in [6.07, 6.45) is 9.70. The molecule has 0 saturated heterocycles. The highest BCUT2D eigenvalue weighted by Gasteiger charge is 1.90. The van der Waals surface area contributed by atoms with Gasteiger partial charge in [-0.3, -0.25) is 0 Å². The Morgan fingerprint density at radius 2 is 1.62 bits per heavy atom. The van der Waals surface area contributed by atoms with Crippen molar-refractivity contribution < 1.29 is 0 Å². The van der Waals surface area contributed by atoms with Crippen LogP contribution in [0.15, 0.2) is 46.0 Å². The maximum atomic E-state index is 5.83. The van der Waals surface area contributed by atoms with Crippen LogP contribution in [0.25, 0.3) is 0 Å². The van der Waals surface area contributed by atoms with E-state index in [2.05, 4.69) is 0 Å². The molecule has 0 atom stereocenters. The molecule has 0 aliphatic rings. The molecule has 0 spiro atoms. The van der Waals surface area contributed by atoms with Crippen molar-refractivity contribution in [1.82, 2.24) is 0 Å². The molecule has 0 N–H and O–H groups in total. The summed E-state index contributed by atoms with van der Waals surface area (Å²) in [6, 6.07) is 0. The van der Waals surface area contributed by atoms with Crippen LogP contribution in [-0.2, 0) is 0 Å². The third-order valence-electron chi connectivity index (χ3n) is 1.44. The van der Waals surface area contributed by atoms with E-state index in [0.29, 0.717) is 10.1 Å². The predicted molar refractivity (Wildman–Crippen MR) is 62.1 cm³/mol. The number of allylic oxidation sites excluding steroid dienone is 8. The number of rotatable bonds is 3. The molecule has 0 amide bonds. The van der Waals surface area contributed by atoms with Gasteiger partial charge in [0.2, 0.25) is 0 Å².